The molecule has 0 fully saturated rings. The third-order valence-electron chi connectivity index (χ3n) is 9.69. The maximum atomic E-state index is 12.1. The van der Waals surface area contributed by atoms with Crippen LogP contribution in [0.15, 0.2) is 131 Å². The second-order valence-electron chi connectivity index (χ2n) is 17.3. The Bertz CT molecular complexity index is 2480. The minimum absolute atomic E-state index is 0. The van der Waals surface area contributed by atoms with Gasteiger partial charge in [-0.05, 0) is 150 Å². The molecule has 0 aromatic heterocycles. The van der Waals surface area contributed by atoms with Crippen LogP contribution in [0.25, 0.3) is 0 Å². The third kappa shape index (κ3) is 29.5. The summed E-state index contributed by atoms with van der Waals surface area (Å²) in [6, 6.07) is 37.3. The summed E-state index contributed by atoms with van der Waals surface area (Å²) in [5.41, 5.74) is 11.4. The van der Waals surface area contributed by atoms with Crippen molar-refractivity contribution in [1.82, 2.24) is 4.72 Å². The number of nitrogens with one attached hydrogen (secondary N) is 1. The molecule has 8 nitrogen and oxygen atoms in total. The highest BCUT2D eigenvalue weighted by Crippen LogP contribution is 2.25. The largest absolute Gasteiger partial charge is 0.324 e. The van der Waals surface area contributed by atoms with Crippen molar-refractivity contribution in [1.29, 1.82) is 0 Å². The Morgan fingerprint density at radius 2 is 1.01 bits per heavy atom. The Morgan fingerprint density at radius 1 is 0.597 bits per heavy atom. The van der Waals surface area contributed by atoms with Crippen molar-refractivity contribution < 1.29 is 18.0 Å². The van der Waals surface area contributed by atoms with E-state index in [4.69, 9.17) is 63.7 Å². The average molecular weight is 1180 g/mol. The van der Waals surface area contributed by atoms with E-state index in [1.165, 1.54) is 0 Å². The Kier molecular flexibility index (Phi) is 39.9. The fourth-order valence-corrected chi connectivity index (χ4v) is 8.26. The summed E-state index contributed by atoms with van der Waals surface area (Å²) < 4.78 is 30.9. The van der Waals surface area contributed by atoms with E-state index >= 15 is 0 Å². The Hall–Kier alpha value is -2.52. The molecule has 18 heteroatoms. The number of Topliss-reactive ketones (excluding diaryl/α,β-unsaturated/α-hetero) is 1. The number of carbonyl (C=O) groups is 1. The zero-order valence-corrected chi connectivity index (χ0v) is 51.3. The number of hydrogen-bond acceptors (Lipinski definition) is 6. The highest BCUT2D eigenvalue weighted by Gasteiger charge is 2.23. The van der Waals surface area contributed by atoms with E-state index in [-0.39, 0.29) is 72.8 Å². The number of benzene rings is 5. The third-order valence-corrected chi connectivity index (χ3v) is 13.9. The summed E-state index contributed by atoms with van der Waals surface area (Å²) in [6.07, 6.45) is 5.43. The lowest BCUT2D eigenvalue weighted by atomic mass is 10.1. The lowest BCUT2D eigenvalue weighted by Crippen LogP contribution is -2.35. The lowest BCUT2D eigenvalue weighted by Gasteiger charge is -2.23. The first-order valence-electron chi connectivity index (χ1n) is 22.7. The van der Waals surface area contributed by atoms with Gasteiger partial charge in [0.25, 0.3) is 0 Å². The van der Waals surface area contributed by atoms with Gasteiger partial charge in [-0.15, -0.1) is 12.4 Å². The fourth-order valence-electron chi connectivity index (χ4n) is 5.66. The monoisotopic (exact) mass is 1180 g/mol. The van der Waals surface area contributed by atoms with Gasteiger partial charge >= 0.3 is 0 Å². The zero-order valence-electron chi connectivity index (χ0n) is 43.0. The molecule has 5 aromatic carbocycles. The molecule has 0 spiro atoms. The van der Waals surface area contributed by atoms with Gasteiger partial charge in [0.05, 0.1) is 32.2 Å². The van der Waals surface area contributed by atoms with E-state index in [1.807, 2.05) is 153 Å². The first-order chi connectivity index (χ1) is 32.4. The van der Waals surface area contributed by atoms with E-state index in [0.717, 1.165) is 58.7 Å². The van der Waals surface area contributed by atoms with Crippen molar-refractivity contribution in [2.45, 2.75) is 136 Å². The van der Waals surface area contributed by atoms with Gasteiger partial charge in [-0.2, -0.15) is 36.4 Å². The summed E-state index contributed by atoms with van der Waals surface area (Å²) >= 11 is 29.2. The molecule has 5 atom stereocenters. The van der Waals surface area contributed by atoms with Gasteiger partial charge in [-0.3, -0.25) is 4.79 Å². The summed E-state index contributed by atoms with van der Waals surface area (Å²) in [4.78, 5) is 24.9. The summed E-state index contributed by atoms with van der Waals surface area (Å²) in [5.74, 6) is 0.132. The molecule has 400 valence electrons. The van der Waals surface area contributed by atoms with Crippen molar-refractivity contribution in [2.24, 2.45) is 15.1 Å². The van der Waals surface area contributed by atoms with Crippen LogP contribution >= 0.6 is 97.4 Å². The molecule has 3 N–H and O–H groups in total. The number of hydrogen-bond donors (Lipinski definition) is 2. The smallest absolute Gasteiger partial charge is 0.235 e. The van der Waals surface area contributed by atoms with E-state index in [1.54, 1.807) is 36.4 Å². The van der Waals surface area contributed by atoms with Crippen LogP contribution in [-0.2, 0) is 26.8 Å². The number of nitrogens with zero attached hydrogens (tertiary/aromatic N) is 2. The molecule has 0 radical (unpaired) electrons. The van der Waals surface area contributed by atoms with Crippen LogP contribution in [0.3, 0.4) is 0 Å². The van der Waals surface area contributed by atoms with Gasteiger partial charge < -0.3 is 5.73 Å². The molecule has 0 saturated carbocycles. The standard InChI is InChI=1S/C13H20ClNOS.C13H18ClNOS.C10H10ClNO.C9H12ClN.C9H9ClO.ClH.2H2S/c2*1-5-12(15-17(16)13(2,3)4)10-7-6-8-11(14)9-10;1-2-10(12-7-13)8-4-3-5-9(11)6-8;2*1-2-9(11)7-4-3-5-8(10)6-7;;;/h6-9,12,15H,5H2,1-4H3;6-9H,5H2,1-4H3;3-6,10H,2H2,1H3;3-6,9H,2,11H2,1H3;3-6H,2H2,1H3;1H;2*1H2/t12-,17?;;10-;9-;;;;/m1.11..../s1. The van der Waals surface area contributed by atoms with Crippen LogP contribution in [0.5, 0.6) is 0 Å². The Morgan fingerprint density at radius 3 is 1.40 bits per heavy atom. The maximum Gasteiger partial charge on any atom is 0.235 e. The summed E-state index contributed by atoms with van der Waals surface area (Å²) in [7, 11) is -2.30. The minimum Gasteiger partial charge on any atom is -0.324 e. The molecule has 2 unspecified atom stereocenters. The molecular formula is C54H74Cl6N4O4S4. The molecule has 0 aliphatic rings. The number of ketones is 1. The maximum absolute atomic E-state index is 12.1. The molecule has 0 aliphatic heterocycles. The van der Waals surface area contributed by atoms with Crippen molar-refractivity contribution >= 4 is 137 Å². The van der Waals surface area contributed by atoms with Crippen LogP contribution in [0.4, 0.5) is 0 Å². The highest BCUT2D eigenvalue weighted by atomic mass is 35.5. The number of halogens is 6. The Labute approximate surface area is 481 Å². The summed E-state index contributed by atoms with van der Waals surface area (Å²) in [6.45, 7) is 21.6. The fraction of sp³-hybridized carbons (Fsp3) is 0.389. The van der Waals surface area contributed by atoms with Crippen molar-refractivity contribution in [3.63, 3.8) is 0 Å². The summed E-state index contributed by atoms with van der Waals surface area (Å²) in [5, 5.41) is 3.42. The van der Waals surface area contributed by atoms with Gasteiger partial charge in [-0.25, -0.2) is 17.9 Å². The molecule has 0 bridgehead atoms. The number of isocyanates is 1. The zero-order chi connectivity index (χ0) is 52.3. The molecule has 0 saturated heterocycles. The average Bonchev–Trinajstić information content (AvgIpc) is 3.31. The predicted molar refractivity (Wildman–Crippen MR) is 327 cm³/mol. The van der Waals surface area contributed by atoms with Crippen LogP contribution in [0.1, 0.15) is 159 Å². The van der Waals surface area contributed by atoms with Gasteiger partial charge in [0, 0.05) is 49.2 Å². The van der Waals surface area contributed by atoms with Gasteiger partial charge in [0.2, 0.25) is 6.08 Å². The molecule has 5 rings (SSSR count). The van der Waals surface area contributed by atoms with E-state index in [9.17, 15) is 18.0 Å². The molecule has 0 heterocycles. The van der Waals surface area contributed by atoms with Gasteiger partial charge in [-0.1, -0.05) is 153 Å². The quantitative estimate of drug-likeness (QED) is 0.0649. The highest BCUT2D eigenvalue weighted by molar-refractivity contribution is 7.85. The van der Waals surface area contributed by atoms with E-state index in [2.05, 4.69) is 28.0 Å². The molecular weight excluding hydrogens is 1110 g/mol. The normalized spacial score (nSPS) is 12.8. The second-order valence-corrected chi connectivity index (χ2v) is 23.4. The van der Waals surface area contributed by atoms with Crippen molar-refractivity contribution in [3.8, 4) is 0 Å². The van der Waals surface area contributed by atoms with Crippen molar-refractivity contribution in [3.05, 3.63) is 174 Å². The molecule has 72 heavy (non-hydrogen) atoms. The SMILES string of the molecule is CCC(=NS(=O)C(C)(C)C)c1cccc(Cl)c1.CCC(=O)c1cccc(Cl)c1.CC[C@@H](N)c1cccc(Cl)c1.CC[C@@H](N=C=O)c1cccc(Cl)c1.CC[C@@H](NS(=O)C(C)(C)C)c1cccc(Cl)c1.Cl.S.S. The first-order valence-corrected chi connectivity index (χ1v) is 26.9. The first kappa shape index (κ1) is 73.7. The van der Waals surface area contributed by atoms with Gasteiger partial charge in [0.15, 0.2) is 5.78 Å². The number of nitrogens with two attached hydrogens (primary N) is 1. The number of carbonyl (C=O) groups excluding carboxylic acids is 2. The van der Waals surface area contributed by atoms with Crippen LogP contribution in [0, 0.1) is 0 Å². The molecule has 5 aromatic rings. The molecule has 0 aliphatic carbocycles. The second kappa shape index (κ2) is 38.9. The van der Waals surface area contributed by atoms with Crippen LogP contribution in [0.2, 0.25) is 25.1 Å². The Balaban J connectivity index is -0.000000827. The van der Waals surface area contributed by atoms with Gasteiger partial charge in [0.1, 0.15) is 11.0 Å². The number of aliphatic imine (C=N–C) groups is 1. The van der Waals surface area contributed by atoms with Crippen molar-refractivity contribution in [2.75, 3.05) is 0 Å². The van der Waals surface area contributed by atoms with E-state index < -0.39 is 22.0 Å². The topological polar surface area (TPSA) is 131 Å². The van der Waals surface area contributed by atoms with E-state index in [0.29, 0.717) is 32.1 Å². The van der Waals surface area contributed by atoms with Crippen LogP contribution < -0.4 is 10.5 Å². The minimum atomic E-state index is -1.23. The predicted octanol–water partition coefficient (Wildman–Crippen LogP) is 17.3. The van der Waals surface area contributed by atoms with Crippen LogP contribution in [-0.4, -0.2) is 35.5 Å². The number of rotatable bonds is 14. The molecule has 0 amide bonds. The lowest BCUT2D eigenvalue weighted by molar-refractivity contribution is 0.0988.